The molecule has 8 heteroatoms. The maximum absolute atomic E-state index is 12.2. The average Bonchev–Trinajstić information content (AvgIpc) is 3.08. The van der Waals surface area contributed by atoms with E-state index in [-0.39, 0.29) is 18.0 Å². The topological polar surface area (TPSA) is 97.9 Å². The molecule has 2 aromatic rings. The first-order valence-corrected chi connectivity index (χ1v) is 7.43. The summed E-state index contributed by atoms with van der Waals surface area (Å²) in [7, 11) is 1.76. The maximum Gasteiger partial charge on any atom is 0.321 e. The molecule has 1 atom stereocenters. The lowest BCUT2D eigenvalue weighted by atomic mass is 10.0. The molecule has 0 bridgehead atoms. The number of urea groups is 1. The van der Waals surface area contributed by atoms with E-state index in [0.717, 1.165) is 18.7 Å². The van der Waals surface area contributed by atoms with Crippen molar-refractivity contribution in [2.24, 2.45) is 13.0 Å². The second-order valence-corrected chi connectivity index (χ2v) is 5.93. The van der Waals surface area contributed by atoms with E-state index in [9.17, 15) is 4.79 Å². The molecule has 1 fully saturated rings. The highest BCUT2D eigenvalue weighted by atomic mass is 16.5. The fourth-order valence-electron chi connectivity index (χ4n) is 2.18. The monoisotopic (exact) mass is 304 g/mol. The van der Waals surface area contributed by atoms with Crippen LogP contribution in [0.25, 0.3) is 0 Å². The molecule has 1 unspecified atom stereocenters. The standard InChI is InChI=1S/C14H20N6O2/c1-8(2)11(13-18-12(19-22-13)9-4-5-9)17-14(21)16-10-6-7-15-20(10)3/h6-9,11H,4-5H2,1-3H3,(H2,16,17,21). The van der Waals surface area contributed by atoms with Gasteiger partial charge in [0.15, 0.2) is 5.82 Å². The highest BCUT2D eigenvalue weighted by Gasteiger charge is 2.31. The van der Waals surface area contributed by atoms with Crippen molar-refractivity contribution in [2.75, 3.05) is 5.32 Å². The van der Waals surface area contributed by atoms with Crippen LogP contribution in [-0.4, -0.2) is 26.0 Å². The molecule has 1 aliphatic carbocycles. The summed E-state index contributed by atoms with van der Waals surface area (Å²) in [6.45, 7) is 3.99. The predicted molar refractivity (Wildman–Crippen MR) is 79.2 cm³/mol. The molecule has 118 valence electrons. The summed E-state index contributed by atoms with van der Waals surface area (Å²) < 4.78 is 6.91. The van der Waals surface area contributed by atoms with Crippen molar-refractivity contribution in [3.8, 4) is 0 Å². The van der Waals surface area contributed by atoms with Crippen LogP contribution in [-0.2, 0) is 7.05 Å². The molecule has 0 radical (unpaired) electrons. The van der Waals surface area contributed by atoms with E-state index < -0.39 is 0 Å². The first-order valence-electron chi connectivity index (χ1n) is 7.43. The Kier molecular flexibility index (Phi) is 3.82. The Bertz CT molecular complexity index is 658. The molecule has 0 aromatic carbocycles. The van der Waals surface area contributed by atoms with Gasteiger partial charge in [0.2, 0.25) is 5.89 Å². The van der Waals surface area contributed by atoms with E-state index in [1.807, 2.05) is 13.8 Å². The van der Waals surface area contributed by atoms with Gasteiger partial charge in [-0.2, -0.15) is 10.1 Å². The van der Waals surface area contributed by atoms with E-state index in [0.29, 0.717) is 17.6 Å². The van der Waals surface area contributed by atoms with Gasteiger partial charge in [0, 0.05) is 19.0 Å². The summed E-state index contributed by atoms with van der Waals surface area (Å²) >= 11 is 0. The fourth-order valence-corrected chi connectivity index (χ4v) is 2.18. The van der Waals surface area contributed by atoms with Gasteiger partial charge in [0.1, 0.15) is 11.9 Å². The Morgan fingerprint density at radius 3 is 2.82 bits per heavy atom. The van der Waals surface area contributed by atoms with E-state index in [2.05, 4.69) is 25.9 Å². The molecule has 1 saturated carbocycles. The van der Waals surface area contributed by atoms with Crippen molar-refractivity contribution in [3.63, 3.8) is 0 Å². The van der Waals surface area contributed by atoms with Crippen LogP contribution in [0, 0.1) is 5.92 Å². The number of hydrogen-bond acceptors (Lipinski definition) is 5. The molecule has 2 aromatic heterocycles. The van der Waals surface area contributed by atoms with Gasteiger partial charge in [-0.3, -0.25) is 10.00 Å². The Hall–Kier alpha value is -2.38. The molecule has 0 saturated heterocycles. The van der Waals surface area contributed by atoms with Gasteiger partial charge in [-0.25, -0.2) is 4.79 Å². The number of aromatic nitrogens is 4. The van der Waals surface area contributed by atoms with Gasteiger partial charge >= 0.3 is 6.03 Å². The van der Waals surface area contributed by atoms with E-state index in [4.69, 9.17) is 4.52 Å². The second kappa shape index (κ2) is 5.78. The lowest BCUT2D eigenvalue weighted by Gasteiger charge is -2.18. The third-order valence-electron chi connectivity index (χ3n) is 3.68. The molecular weight excluding hydrogens is 284 g/mol. The normalized spacial score (nSPS) is 15.8. The van der Waals surface area contributed by atoms with Crippen molar-refractivity contribution in [2.45, 2.75) is 38.6 Å². The Balaban J connectivity index is 1.68. The quantitative estimate of drug-likeness (QED) is 0.882. The van der Waals surface area contributed by atoms with Crippen LogP contribution < -0.4 is 10.6 Å². The van der Waals surface area contributed by atoms with Crippen molar-refractivity contribution in [3.05, 3.63) is 24.0 Å². The summed E-state index contributed by atoms with van der Waals surface area (Å²) in [6, 6.07) is 1.07. The summed E-state index contributed by atoms with van der Waals surface area (Å²) in [5, 5.41) is 13.6. The third-order valence-corrected chi connectivity index (χ3v) is 3.68. The van der Waals surface area contributed by atoms with Crippen molar-refractivity contribution < 1.29 is 9.32 Å². The van der Waals surface area contributed by atoms with E-state index in [1.165, 1.54) is 0 Å². The molecule has 2 amide bonds. The zero-order chi connectivity index (χ0) is 15.7. The minimum atomic E-state index is -0.326. The molecule has 0 spiro atoms. The van der Waals surface area contributed by atoms with E-state index in [1.54, 1.807) is 24.0 Å². The number of carbonyl (C=O) groups excluding carboxylic acids is 1. The van der Waals surface area contributed by atoms with Crippen LogP contribution in [0.5, 0.6) is 0 Å². The highest BCUT2D eigenvalue weighted by molar-refractivity contribution is 5.88. The number of amides is 2. The summed E-state index contributed by atoms with van der Waals surface area (Å²) in [6.07, 6.45) is 3.84. The first-order chi connectivity index (χ1) is 10.5. The number of aryl methyl sites for hydroxylation is 1. The Morgan fingerprint density at radius 1 is 1.45 bits per heavy atom. The summed E-state index contributed by atoms with van der Waals surface area (Å²) in [5.41, 5.74) is 0. The smallest absolute Gasteiger partial charge is 0.321 e. The molecule has 2 heterocycles. The second-order valence-electron chi connectivity index (χ2n) is 5.93. The van der Waals surface area contributed by atoms with Crippen molar-refractivity contribution >= 4 is 11.8 Å². The molecular formula is C14H20N6O2. The molecule has 1 aliphatic rings. The van der Waals surface area contributed by atoms with Gasteiger partial charge < -0.3 is 9.84 Å². The molecule has 3 rings (SSSR count). The zero-order valence-corrected chi connectivity index (χ0v) is 12.9. The Labute approximate surface area is 128 Å². The van der Waals surface area contributed by atoms with Crippen molar-refractivity contribution in [1.82, 2.24) is 25.2 Å². The number of hydrogen-bond donors (Lipinski definition) is 2. The highest BCUT2D eigenvalue weighted by Crippen LogP contribution is 2.38. The number of carbonyl (C=O) groups is 1. The number of nitrogens with zero attached hydrogens (tertiary/aromatic N) is 4. The molecule has 0 aliphatic heterocycles. The summed E-state index contributed by atoms with van der Waals surface area (Å²) in [5.74, 6) is 2.37. The van der Waals surface area contributed by atoms with Gasteiger partial charge in [-0.05, 0) is 18.8 Å². The van der Waals surface area contributed by atoms with Crippen LogP contribution in [0.4, 0.5) is 10.6 Å². The van der Waals surface area contributed by atoms with Crippen LogP contribution in [0.15, 0.2) is 16.8 Å². The molecule has 8 nitrogen and oxygen atoms in total. The van der Waals surface area contributed by atoms with Crippen LogP contribution in [0.3, 0.4) is 0 Å². The predicted octanol–water partition coefficient (Wildman–Crippen LogP) is 2.20. The van der Waals surface area contributed by atoms with Gasteiger partial charge in [-0.15, -0.1) is 0 Å². The molecule has 22 heavy (non-hydrogen) atoms. The summed E-state index contributed by atoms with van der Waals surface area (Å²) in [4.78, 5) is 16.6. The number of anilines is 1. The van der Waals surface area contributed by atoms with Gasteiger partial charge in [-0.1, -0.05) is 19.0 Å². The largest absolute Gasteiger partial charge is 0.337 e. The van der Waals surface area contributed by atoms with Gasteiger partial charge in [0.05, 0.1) is 6.20 Å². The minimum Gasteiger partial charge on any atom is -0.337 e. The Morgan fingerprint density at radius 2 is 2.23 bits per heavy atom. The SMILES string of the molecule is CC(C)C(NC(=O)Nc1ccnn1C)c1nc(C2CC2)no1. The van der Waals surface area contributed by atoms with Gasteiger partial charge in [0.25, 0.3) is 0 Å². The zero-order valence-electron chi connectivity index (χ0n) is 12.9. The number of nitrogens with one attached hydrogen (secondary N) is 2. The lowest BCUT2D eigenvalue weighted by molar-refractivity contribution is 0.235. The van der Waals surface area contributed by atoms with Crippen LogP contribution in [0.2, 0.25) is 0 Å². The fraction of sp³-hybridized carbons (Fsp3) is 0.571. The minimum absolute atomic E-state index is 0.129. The average molecular weight is 304 g/mol. The lowest BCUT2D eigenvalue weighted by Crippen LogP contribution is -2.35. The maximum atomic E-state index is 12.2. The van der Waals surface area contributed by atoms with E-state index >= 15 is 0 Å². The van der Waals surface area contributed by atoms with Crippen molar-refractivity contribution in [1.29, 1.82) is 0 Å². The van der Waals surface area contributed by atoms with Crippen LogP contribution >= 0.6 is 0 Å². The third kappa shape index (κ3) is 3.10. The number of rotatable bonds is 5. The first kappa shape index (κ1) is 14.6. The van der Waals surface area contributed by atoms with Crippen LogP contribution in [0.1, 0.15) is 50.4 Å². The molecule has 2 N–H and O–H groups in total.